The summed E-state index contributed by atoms with van der Waals surface area (Å²) in [4.78, 5) is 7.23. The van der Waals surface area contributed by atoms with Crippen LogP contribution in [0.2, 0.25) is 0 Å². The normalized spacial score (nSPS) is 17.7. The van der Waals surface area contributed by atoms with Gasteiger partial charge in [0.25, 0.3) is 0 Å². The molecule has 142 valence electrons. The molecule has 0 amide bonds. The fraction of sp³-hybridized carbons (Fsp3) is 0.947. The minimum atomic E-state index is 0.253. The number of nitrogens with one attached hydrogen (secondary N) is 2. The number of likely N-dealkylation sites (N-methyl/N-ethyl adjacent to an activating group) is 1. The summed E-state index contributed by atoms with van der Waals surface area (Å²) in [5.74, 6) is 2.02. The Morgan fingerprint density at radius 3 is 2.54 bits per heavy atom. The number of aliphatic imine (C=N–C) groups is 1. The lowest BCUT2D eigenvalue weighted by Crippen LogP contribution is -2.42. The van der Waals surface area contributed by atoms with Crippen LogP contribution in [-0.2, 0) is 0 Å². The van der Waals surface area contributed by atoms with E-state index in [2.05, 4.69) is 43.4 Å². The Kier molecular flexibility index (Phi) is 11.1. The van der Waals surface area contributed by atoms with Gasteiger partial charge in [-0.2, -0.15) is 0 Å². The summed E-state index contributed by atoms with van der Waals surface area (Å²) in [7, 11) is 2.24. The van der Waals surface area contributed by atoms with E-state index in [1.165, 1.54) is 25.7 Å². The van der Waals surface area contributed by atoms with Crippen LogP contribution in [-0.4, -0.2) is 61.8 Å². The van der Waals surface area contributed by atoms with E-state index in [0.29, 0.717) is 11.8 Å². The first-order valence-electron chi connectivity index (χ1n) is 9.90. The topological polar surface area (TPSA) is 59.9 Å². The maximum Gasteiger partial charge on any atom is 0.191 e. The molecule has 0 aromatic rings. The van der Waals surface area contributed by atoms with E-state index in [9.17, 15) is 5.11 Å². The monoisotopic (exact) mass is 340 g/mol. The van der Waals surface area contributed by atoms with Gasteiger partial charge in [0.05, 0.1) is 0 Å². The van der Waals surface area contributed by atoms with Gasteiger partial charge in [0.15, 0.2) is 5.96 Å². The van der Waals surface area contributed by atoms with Gasteiger partial charge in [0, 0.05) is 38.8 Å². The third-order valence-corrected chi connectivity index (χ3v) is 4.90. The van der Waals surface area contributed by atoms with E-state index < -0.39 is 0 Å². The van der Waals surface area contributed by atoms with E-state index >= 15 is 0 Å². The highest BCUT2D eigenvalue weighted by Crippen LogP contribution is 2.21. The van der Waals surface area contributed by atoms with Crippen molar-refractivity contribution in [1.29, 1.82) is 0 Å². The molecule has 1 rings (SSSR count). The van der Waals surface area contributed by atoms with Crippen molar-refractivity contribution in [3.05, 3.63) is 0 Å². The Morgan fingerprint density at radius 2 is 1.96 bits per heavy atom. The molecule has 1 fully saturated rings. The second-order valence-corrected chi connectivity index (χ2v) is 7.57. The summed E-state index contributed by atoms with van der Waals surface area (Å²) >= 11 is 0. The van der Waals surface area contributed by atoms with E-state index in [1.807, 2.05) is 0 Å². The van der Waals surface area contributed by atoms with Crippen LogP contribution in [0.1, 0.15) is 59.3 Å². The largest absolute Gasteiger partial charge is 0.396 e. The molecule has 0 spiro atoms. The van der Waals surface area contributed by atoms with Gasteiger partial charge in [-0.3, -0.25) is 4.99 Å². The van der Waals surface area contributed by atoms with Gasteiger partial charge in [0.1, 0.15) is 0 Å². The molecule has 1 atom stereocenters. The molecule has 0 radical (unpaired) electrons. The van der Waals surface area contributed by atoms with E-state index in [1.54, 1.807) is 0 Å². The first-order valence-corrected chi connectivity index (χ1v) is 9.90. The van der Waals surface area contributed by atoms with Gasteiger partial charge in [0.2, 0.25) is 0 Å². The molecule has 1 aliphatic rings. The zero-order chi connectivity index (χ0) is 17.8. The average molecular weight is 341 g/mol. The van der Waals surface area contributed by atoms with Crippen molar-refractivity contribution in [3.63, 3.8) is 0 Å². The maximum atomic E-state index is 9.24. The van der Waals surface area contributed by atoms with Crippen LogP contribution in [0, 0.1) is 11.8 Å². The van der Waals surface area contributed by atoms with Crippen molar-refractivity contribution >= 4 is 5.96 Å². The molecule has 24 heavy (non-hydrogen) atoms. The quantitative estimate of drug-likeness (QED) is 0.399. The minimum absolute atomic E-state index is 0.253. The van der Waals surface area contributed by atoms with Crippen LogP contribution in [0.4, 0.5) is 0 Å². The molecule has 3 N–H and O–H groups in total. The van der Waals surface area contributed by atoms with Crippen molar-refractivity contribution in [1.82, 2.24) is 15.5 Å². The Balaban J connectivity index is 2.39. The molecule has 1 aliphatic carbocycles. The lowest BCUT2D eigenvalue weighted by Gasteiger charge is -2.24. The summed E-state index contributed by atoms with van der Waals surface area (Å²) in [6, 6.07) is 0.770. The highest BCUT2D eigenvalue weighted by Gasteiger charge is 2.18. The Hall–Kier alpha value is -0.810. The van der Waals surface area contributed by atoms with Crippen molar-refractivity contribution < 1.29 is 5.11 Å². The molecule has 1 saturated carbocycles. The zero-order valence-corrected chi connectivity index (χ0v) is 16.4. The van der Waals surface area contributed by atoms with Crippen molar-refractivity contribution in [2.75, 3.05) is 39.8 Å². The van der Waals surface area contributed by atoms with E-state index in [-0.39, 0.29) is 6.61 Å². The molecule has 0 bridgehead atoms. The maximum absolute atomic E-state index is 9.24. The molecular weight excluding hydrogens is 300 g/mol. The fourth-order valence-corrected chi connectivity index (χ4v) is 3.57. The second-order valence-electron chi connectivity index (χ2n) is 7.57. The van der Waals surface area contributed by atoms with Gasteiger partial charge in [-0.25, -0.2) is 0 Å². The number of hydrogen-bond acceptors (Lipinski definition) is 3. The first kappa shape index (κ1) is 21.2. The van der Waals surface area contributed by atoms with Crippen LogP contribution in [0.25, 0.3) is 0 Å². The SMILES string of the molecule is CCNC(=NCC(CCO)CC(C)C)NCCN(C)C1CCCC1. The fourth-order valence-electron chi connectivity index (χ4n) is 3.57. The minimum Gasteiger partial charge on any atom is -0.396 e. The van der Waals surface area contributed by atoms with Gasteiger partial charge in [-0.1, -0.05) is 26.7 Å². The predicted octanol–water partition coefficient (Wildman–Crippen LogP) is 2.46. The van der Waals surface area contributed by atoms with Gasteiger partial charge in [-0.15, -0.1) is 0 Å². The molecule has 0 saturated heterocycles. The Bertz CT molecular complexity index is 340. The van der Waals surface area contributed by atoms with Crippen LogP contribution in [0.15, 0.2) is 4.99 Å². The number of hydrogen-bond donors (Lipinski definition) is 3. The summed E-state index contributed by atoms with van der Waals surface area (Å²) in [6.45, 7) is 10.5. The average Bonchev–Trinajstić information content (AvgIpc) is 3.06. The molecule has 0 heterocycles. The second kappa shape index (κ2) is 12.5. The Labute approximate surface area is 149 Å². The standard InChI is InChI=1S/C19H40N4O/c1-5-20-19(22-15-17(10-13-24)14-16(2)3)21-11-12-23(4)18-8-6-7-9-18/h16-18,24H,5-15H2,1-4H3,(H2,20,21,22). The summed E-state index contributed by atoms with van der Waals surface area (Å²) in [6.07, 6.45) is 7.42. The smallest absolute Gasteiger partial charge is 0.191 e. The number of guanidine groups is 1. The van der Waals surface area contributed by atoms with Crippen LogP contribution in [0.3, 0.4) is 0 Å². The molecular formula is C19H40N4O. The van der Waals surface area contributed by atoms with Crippen molar-refractivity contribution in [3.8, 4) is 0 Å². The number of aliphatic hydroxyl groups excluding tert-OH is 1. The third kappa shape index (κ3) is 8.88. The molecule has 0 aromatic heterocycles. The van der Waals surface area contributed by atoms with E-state index in [4.69, 9.17) is 4.99 Å². The summed E-state index contributed by atoms with van der Waals surface area (Å²) < 4.78 is 0. The highest BCUT2D eigenvalue weighted by molar-refractivity contribution is 5.79. The van der Waals surface area contributed by atoms with Gasteiger partial charge in [-0.05, 0) is 51.5 Å². The van der Waals surface area contributed by atoms with Crippen LogP contribution < -0.4 is 10.6 Å². The van der Waals surface area contributed by atoms with Crippen molar-refractivity contribution in [2.45, 2.75) is 65.3 Å². The number of nitrogens with zero attached hydrogens (tertiary/aromatic N) is 2. The first-order chi connectivity index (χ1) is 11.6. The number of aliphatic hydroxyl groups is 1. The van der Waals surface area contributed by atoms with Crippen LogP contribution in [0.5, 0.6) is 0 Å². The predicted molar refractivity (Wildman–Crippen MR) is 104 cm³/mol. The van der Waals surface area contributed by atoms with E-state index in [0.717, 1.165) is 51.0 Å². The van der Waals surface area contributed by atoms with Gasteiger partial charge >= 0.3 is 0 Å². The lowest BCUT2D eigenvalue weighted by molar-refractivity contribution is 0.245. The van der Waals surface area contributed by atoms with Gasteiger partial charge < -0.3 is 20.6 Å². The highest BCUT2D eigenvalue weighted by atomic mass is 16.3. The van der Waals surface area contributed by atoms with Crippen molar-refractivity contribution in [2.24, 2.45) is 16.8 Å². The molecule has 0 aliphatic heterocycles. The summed E-state index contributed by atoms with van der Waals surface area (Å²) in [5, 5.41) is 16.0. The number of rotatable bonds is 11. The molecule has 1 unspecified atom stereocenters. The Morgan fingerprint density at radius 1 is 1.25 bits per heavy atom. The molecule has 5 heteroatoms. The summed E-state index contributed by atoms with van der Waals surface area (Å²) in [5.41, 5.74) is 0. The van der Waals surface area contributed by atoms with Crippen LogP contribution >= 0.6 is 0 Å². The molecule has 5 nitrogen and oxygen atoms in total. The molecule has 0 aromatic carbocycles. The third-order valence-electron chi connectivity index (χ3n) is 4.90. The lowest BCUT2D eigenvalue weighted by atomic mass is 9.94. The zero-order valence-electron chi connectivity index (χ0n) is 16.4.